The molecule has 8 heteroatoms. The maximum Gasteiger partial charge on any atom is 0.363 e. The summed E-state index contributed by atoms with van der Waals surface area (Å²) in [5.74, 6) is -1.46. The standard InChI is InChI=1S/C21H11Cl2NO5/c22-16-6-3-7-17(18(16)23)28-13-10-8-12(9-11-13)21(27)29-24-19(25)14-4-1-2-5-15(14)20(24)26/h1-11H. The second kappa shape index (κ2) is 7.58. The number of ether oxygens (including phenoxy) is 1. The number of carbonyl (C=O) groups excluding carboxylic acids is 3. The van der Waals surface area contributed by atoms with Crippen LogP contribution in [0.25, 0.3) is 0 Å². The number of imide groups is 1. The third-order valence-electron chi connectivity index (χ3n) is 4.16. The van der Waals surface area contributed by atoms with Gasteiger partial charge in [0.1, 0.15) is 16.5 Å². The van der Waals surface area contributed by atoms with Gasteiger partial charge in [0, 0.05) is 0 Å². The molecule has 2 amide bonds. The van der Waals surface area contributed by atoms with Gasteiger partial charge in [-0.25, -0.2) is 4.79 Å². The van der Waals surface area contributed by atoms with Gasteiger partial charge in [-0.15, -0.1) is 0 Å². The summed E-state index contributed by atoms with van der Waals surface area (Å²) in [6.45, 7) is 0. The second-order valence-electron chi connectivity index (χ2n) is 6.01. The highest BCUT2D eigenvalue weighted by Gasteiger charge is 2.38. The minimum Gasteiger partial charge on any atom is -0.456 e. The molecule has 0 fully saturated rings. The van der Waals surface area contributed by atoms with Crippen LogP contribution in [0.2, 0.25) is 10.0 Å². The lowest BCUT2D eigenvalue weighted by Gasteiger charge is -2.13. The van der Waals surface area contributed by atoms with Gasteiger partial charge in [0.15, 0.2) is 0 Å². The van der Waals surface area contributed by atoms with Crippen molar-refractivity contribution < 1.29 is 24.0 Å². The first-order valence-corrected chi connectivity index (χ1v) is 9.13. The molecular formula is C21H11Cl2NO5. The van der Waals surface area contributed by atoms with E-state index >= 15 is 0 Å². The van der Waals surface area contributed by atoms with Crippen LogP contribution < -0.4 is 4.74 Å². The number of hydrogen-bond acceptors (Lipinski definition) is 5. The summed E-state index contributed by atoms with van der Waals surface area (Å²) >= 11 is 12.0. The highest BCUT2D eigenvalue weighted by Crippen LogP contribution is 2.34. The van der Waals surface area contributed by atoms with Crippen molar-refractivity contribution in [1.29, 1.82) is 0 Å². The highest BCUT2D eigenvalue weighted by molar-refractivity contribution is 6.42. The molecule has 0 bridgehead atoms. The van der Waals surface area contributed by atoms with Crippen molar-refractivity contribution in [3.63, 3.8) is 0 Å². The normalized spacial score (nSPS) is 12.7. The number of hydroxylamine groups is 2. The van der Waals surface area contributed by atoms with Crippen molar-refractivity contribution in [2.45, 2.75) is 0 Å². The number of benzene rings is 3. The molecule has 0 N–H and O–H groups in total. The molecule has 1 heterocycles. The summed E-state index contributed by atoms with van der Waals surface area (Å²) in [7, 11) is 0. The summed E-state index contributed by atoms with van der Waals surface area (Å²) in [6.07, 6.45) is 0. The van der Waals surface area contributed by atoms with Gasteiger partial charge in [-0.2, -0.15) is 0 Å². The van der Waals surface area contributed by atoms with Gasteiger partial charge >= 0.3 is 5.97 Å². The lowest BCUT2D eigenvalue weighted by Crippen LogP contribution is -2.32. The summed E-state index contributed by atoms with van der Waals surface area (Å²) in [4.78, 5) is 41.9. The van der Waals surface area contributed by atoms with Crippen LogP contribution >= 0.6 is 23.2 Å². The Labute approximate surface area is 175 Å². The van der Waals surface area contributed by atoms with Gasteiger partial charge in [-0.05, 0) is 48.5 Å². The van der Waals surface area contributed by atoms with Crippen molar-refractivity contribution in [3.8, 4) is 11.5 Å². The fourth-order valence-electron chi connectivity index (χ4n) is 2.73. The second-order valence-corrected chi connectivity index (χ2v) is 6.79. The van der Waals surface area contributed by atoms with Gasteiger partial charge in [0.2, 0.25) is 0 Å². The number of amides is 2. The van der Waals surface area contributed by atoms with E-state index in [1.807, 2.05) is 0 Å². The van der Waals surface area contributed by atoms with Crippen LogP contribution in [-0.4, -0.2) is 22.8 Å². The molecule has 1 aliphatic rings. The van der Waals surface area contributed by atoms with E-state index < -0.39 is 17.8 Å². The average Bonchev–Trinajstić information content (AvgIpc) is 2.97. The lowest BCUT2D eigenvalue weighted by molar-refractivity contribution is -0.0584. The monoisotopic (exact) mass is 427 g/mol. The number of halogens is 2. The van der Waals surface area contributed by atoms with Crippen molar-refractivity contribution in [1.82, 2.24) is 5.06 Å². The van der Waals surface area contributed by atoms with Crippen LogP contribution in [-0.2, 0) is 4.84 Å². The number of carbonyl (C=O) groups is 3. The minimum atomic E-state index is -0.855. The molecule has 1 aliphatic heterocycles. The zero-order valence-corrected chi connectivity index (χ0v) is 16.1. The van der Waals surface area contributed by atoms with Crippen LogP contribution in [0, 0.1) is 0 Å². The third-order valence-corrected chi connectivity index (χ3v) is 4.97. The maximum absolute atomic E-state index is 12.4. The Balaban J connectivity index is 1.47. The molecule has 0 saturated heterocycles. The zero-order chi connectivity index (χ0) is 20.5. The lowest BCUT2D eigenvalue weighted by atomic mass is 10.1. The summed E-state index contributed by atoms with van der Waals surface area (Å²) in [6, 6.07) is 17.1. The molecule has 0 saturated carbocycles. The fraction of sp³-hybridized carbons (Fsp3) is 0. The Kier molecular flexibility index (Phi) is 4.96. The highest BCUT2D eigenvalue weighted by atomic mass is 35.5. The van der Waals surface area contributed by atoms with E-state index in [0.29, 0.717) is 21.6 Å². The van der Waals surface area contributed by atoms with Crippen LogP contribution in [0.3, 0.4) is 0 Å². The van der Waals surface area contributed by atoms with E-state index in [-0.39, 0.29) is 21.7 Å². The number of fused-ring (bicyclic) bond motifs is 1. The SMILES string of the molecule is O=C(ON1C(=O)c2ccccc2C1=O)c1ccc(Oc2cccc(Cl)c2Cl)cc1. The summed E-state index contributed by atoms with van der Waals surface area (Å²) < 4.78 is 5.65. The van der Waals surface area contributed by atoms with Gasteiger partial charge < -0.3 is 9.57 Å². The molecular weight excluding hydrogens is 417 g/mol. The van der Waals surface area contributed by atoms with E-state index in [4.69, 9.17) is 32.8 Å². The summed E-state index contributed by atoms with van der Waals surface area (Å²) in [5, 5.41) is 1.08. The van der Waals surface area contributed by atoms with E-state index in [9.17, 15) is 14.4 Å². The average molecular weight is 428 g/mol. The predicted octanol–water partition coefficient (Wildman–Crippen LogP) is 5.15. The molecule has 0 aliphatic carbocycles. The van der Waals surface area contributed by atoms with Gasteiger partial charge in [0.25, 0.3) is 11.8 Å². The molecule has 0 radical (unpaired) electrons. The maximum atomic E-state index is 12.4. The topological polar surface area (TPSA) is 72.9 Å². The molecule has 0 aromatic heterocycles. The van der Waals surface area contributed by atoms with E-state index in [1.165, 1.54) is 36.4 Å². The Morgan fingerprint density at radius 1 is 0.793 bits per heavy atom. The van der Waals surface area contributed by atoms with Gasteiger partial charge in [-0.3, -0.25) is 9.59 Å². The number of nitrogens with zero attached hydrogens (tertiary/aromatic N) is 1. The number of hydrogen-bond donors (Lipinski definition) is 0. The van der Waals surface area contributed by atoms with Crippen LogP contribution in [0.15, 0.2) is 66.7 Å². The van der Waals surface area contributed by atoms with E-state index in [0.717, 1.165) is 0 Å². The molecule has 3 aromatic rings. The first kappa shape index (κ1) is 19.0. The largest absolute Gasteiger partial charge is 0.456 e. The smallest absolute Gasteiger partial charge is 0.363 e. The van der Waals surface area contributed by atoms with Gasteiger partial charge in [0.05, 0.1) is 21.7 Å². The van der Waals surface area contributed by atoms with Crippen molar-refractivity contribution in [3.05, 3.63) is 93.5 Å². The Morgan fingerprint density at radius 3 is 2.03 bits per heavy atom. The van der Waals surface area contributed by atoms with Crippen LogP contribution in [0.1, 0.15) is 31.1 Å². The first-order chi connectivity index (χ1) is 14.0. The van der Waals surface area contributed by atoms with Crippen molar-refractivity contribution in [2.24, 2.45) is 0 Å². The van der Waals surface area contributed by atoms with Crippen LogP contribution in [0.4, 0.5) is 0 Å². The molecule has 29 heavy (non-hydrogen) atoms. The van der Waals surface area contributed by atoms with Crippen LogP contribution in [0.5, 0.6) is 11.5 Å². The summed E-state index contributed by atoms with van der Waals surface area (Å²) in [5.41, 5.74) is 0.506. The Hall–Kier alpha value is -3.35. The Bertz CT molecular complexity index is 1110. The first-order valence-electron chi connectivity index (χ1n) is 8.38. The van der Waals surface area contributed by atoms with E-state index in [1.54, 1.807) is 30.3 Å². The predicted molar refractivity (Wildman–Crippen MR) is 105 cm³/mol. The minimum absolute atomic E-state index is 0.131. The number of rotatable bonds is 4. The van der Waals surface area contributed by atoms with Gasteiger partial charge in [-0.1, -0.05) is 46.5 Å². The van der Waals surface area contributed by atoms with E-state index in [2.05, 4.69) is 0 Å². The van der Waals surface area contributed by atoms with Crippen molar-refractivity contribution >= 4 is 41.0 Å². The molecule has 0 spiro atoms. The molecule has 144 valence electrons. The fourth-order valence-corrected chi connectivity index (χ4v) is 3.06. The molecule has 4 rings (SSSR count). The Morgan fingerprint density at radius 2 is 1.41 bits per heavy atom. The molecule has 6 nitrogen and oxygen atoms in total. The molecule has 3 aromatic carbocycles. The van der Waals surface area contributed by atoms with Crippen molar-refractivity contribution in [2.75, 3.05) is 0 Å². The third kappa shape index (κ3) is 3.55. The zero-order valence-electron chi connectivity index (χ0n) is 14.6. The molecule has 0 atom stereocenters. The quantitative estimate of drug-likeness (QED) is 0.538. The molecule has 0 unspecified atom stereocenters.